The molecule has 3 nitrogen and oxygen atoms in total. The molecule has 2 aromatic rings. The molecule has 2 aromatic carbocycles. The van der Waals surface area contributed by atoms with E-state index in [1.807, 2.05) is 31.2 Å². The monoisotopic (exact) mass is 278 g/mol. The summed E-state index contributed by atoms with van der Waals surface area (Å²) in [6, 6.07) is 17.4. The standard InChI is InChI=1S/C18H18N2O/c1-18(21,15-9-6-13(12-19)7-10-15)17-11-8-14-4-2-3-5-16(14)20-17/h2-7,9-10,17,20-21H,8,11H2,1H3. The number of para-hydroxylation sites is 1. The maximum absolute atomic E-state index is 11.0. The summed E-state index contributed by atoms with van der Waals surface area (Å²) in [6.07, 6.45) is 1.84. The van der Waals surface area contributed by atoms with Gasteiger partial charge in [-0.1, -0.05) is 30.3 Å². The zero-order valence-electron chi connectivity index (χ0n) is 12.0. The minimum atomic E-state index is -0.971. The third-order valence-electron chi connectivity index (χ3n) is 4.33. The molecule has 2 atom stereocenters. The van der Waals surface area contributed by atoms with Crippen LogP contribution >= 0.6 is 0 Å². The topological polar surface area (TPSA) is 56.0 Å². The van der Waals surface area contributed by atoms with Crippen molar-refractivity contribution in [3.63, 3.8) is 0 Å². The van der Waals surface area contributed by atoms with E-state index in [9.17, 15) is 5.11 Å². The summed E-state index contributed by atoms with van der Waals surface area (Å²) in [4.78, 5) is 0. The number of nitrogens with zero attached hydrogens (tertiary/aromatic N) is 1. The number of nitriles is 1. The second-order valence-electron chi connectivity index (χ2n) is 5.73. The van der Waals surface area contributed by atoms with Gasteiger partial charge in [-0.3, -0.25) is 0 Å². The zero-order valence-corrected chi connectivity index (χ0v) is 12.0. The van der Waals surface area contributed by atoms with Gasteiger partial charge in [0.25, 0.3) is 0 Å². The van der Waals surface area contributed by atoms with Crippen LogP contribution in [-0.2, 0) is 12.0 Å². The number of hydrogen-bond acceptors (Lipinski definition) is 3. The van der Waals surface area contributed by atoms with Gasteiger partial charge in [-0.05, 0) is 49.1 Å². The van der Waals surface area contributed by atoms with Gasteiger partial charge in [0.1, 0.15) is 5.60 Å². The minimum Gasteiger partial charge on any atom is -0.383 e. The van der Waals surface area contributed by atoms with E-state index in [0.717, 1.165) is 24.1 Å². The molecule has 0 aliphatic carbocycles. The predicted octanol–water partition coefficient (Wildman–Crippen LogP) is 3.19. The molecule has 1 aliphatic rings. The largest absolute Gasteiger partial charge is 0.383 e. The Kier molecular flexibility index (Phi) is 3.40. The highest BCUT2D eigenvalue weighted by atomic mass is 16.3. The molecule has 0 radical (unpaired) electrons. The Morgan fingerprint density at radius 1 is 1.19 bits per heavy atom. The van der Waals surface area contributed by atoms with Crippen LogP contribution in [0.5, 0.6) is 0 Å². The summed E-state index contributed by atoms with van der Waals surface area (Å²) in [5.74, 6) is 0. The van der Waals surface area contributed by atoms with Crippen LogP contribution in [0.25, 0.3) is 0 Å². The first-order valence-corrected chi connectivity index (χ1v) is 7.19. The zero-order chi connectivity index (χ0) is 14.9. The summed E-state index contributed by atoms with van der Waals surface area (Å²) in [6.45, 7) is 1.83. The van der Waals surface area contributed by atoms with Crippen LogP contribution < -0.4 is 5.32 Å². The van der Waals surface area contributed by atoms with E-state index in [2.05, 4.69) is 23.5 Å². The number of nitrogens with one attached hydrogen (secondary N) is 1. The molecule has 0 bridgehead atoms. The molecule has 0 saturated carbocycles. The quantitative estimate of drug-likeness (QED) is 0.887. The Morgan fingerprint density at radius 2 is 1.90 bits per heavy atom. The molecule has 0 fully saturated rings. The van der Waals surface area contributed by atoms with E-state index in [1.54, 1.807) is 12.1 Å². The summed E-state index contributed by atoms with van der Waals surface area (Å²) in [7, 11) is 0. The number of hydrogen-bond donors (Lipinski definition) is 2. The van der Waals surface area contributed by atoms with Crippen molar-refractivity contribution in [2.75, 3.05) is 5.32 Å². The highest BCUT2D eigenvalue weighted by Crippen LogP contribution is 2.34. The predicted molar refractivity (Wildman–Crippen MR) is 82.9 cm³/mol. The van der Waals surface area contributed by atoms with Crippen LogP contribution in [0, 0.1) is 11.3 Å². The third kappa shape index (κ3) is 2.51. The molecule has 0 amide bonds. The Labute approximate surface area is 124 Å². The molecule has 3 heteroatoms. The molecular formula is C18H18N2O. The second-order valence-corrected chi connectivity index (χ2v) is 5.73. The van der Waals surface area contributed by atoms with Crippen LogP contribution in [0.1, 0.15) is 30.0 Å². The van der Waals surface area contributed by atoms with Crippen molar-refractivity contribution < 1.29 is 5.11 Å². The van der Waals surface area contributed by atoms with E-state index in [1.165, 1.54) is 5.56 Å². The van der Waals surface area contributed by atoms with Crippen LogP contribution in [-0.4, -0.2) is 11.1 Å². The Balaban J connectivity index is 1.87. The number of aliphatic hydroxyl groups is 1. The average molecular weight is 278 g/mol. The summed E-state index contributed by atoms with van der Waals surface area (Å²) < 4.78 is 0. The van der Waals surface area contributed by atoms with E-state index in [-0.39, 0.29) is 6.04 Å². The van der Waals surface area contributed by atoms with E-state index in [4.69, 9.17) is 5.26 Å². The van der Waals surface area contributed by atoms with Gasteiger partial charge in [-0.25, -0.2) is 0 Å². The lowest BCUT2D eigenvalue weighted by molar-refractivity contribution is 0.0322. The first kappa shape index (κ1) is 13.7. The van der Waals surface area contributed by atoms with Crippen LogP contribution in [0.4, 0.5) is 5.69 Å². The van der Waals surface area contributed by atoms with Gasteiger partial charge in [-0.15, -0.1) is 0 Å². The molecule has 2 unspecified atom stereocenters. The summed E-state index contributed by atoms with van der Waals surface area (Å²) >= 11 is 0. The van der Waals surface area contributed by atoms with E-state index < -0.39 is 5.60 Å². The first-order valence-electron chi connectivity index (χ1n) is 7.19. The van der Waals surface area contributed by atoms with Crippen LogP contribution in [0.15, 0.2) is 48.5 Å². The lowest BCUT2D eigenvalue weighted by Crippen LogP contribution is -2.44. The maximum Gasteiger partial charge on any atom is 0.107 e. The van der Waals surface area contributed by atoms with Gasteiger partial charge >= 0.3 is 0 Å². The average Bonchev–Trinajstić information content (AvgIpc) is 2.54. The Hall–Kier alpha value is -2.31. The minimum absolute atomic E-state index is 0.0414. The maximum atomic E-state index is 11.0. The second kappa shape index (κ2) is 5.23. The molecule has 0 spiro atoms. The van der Waals surface area contributed by atoms with Crippen molar-refractivity contribution in [1.29, 1.82) is 5.26 Å². The van der Waals surface area contributed by atoms with Crippen molar-refractivity contribution in [2.45, 2.75) is 31.4 Å². The van der Waals surface area contributed by atoms with E-state index in [0.29, 0.717) is 5.56 Å². The van der Waals surface area contributed by atoms with Crippen molar-refractivity contribution in [2.24, 2.45) is 0 Å². The lowest BCUT2D eigenvalue weighted by Gasteiger charge is -2.38. The lowest BCUT2D eigenvalue weighted by atomic mass is 9.82. The normalized spacial score (nSPS) is 19.8. The number of benzene rings is 2. The fourth-order valence-electron chi connectivity index (χ4n) is 2.94. The van der Waals surface area contributed by atoms with Gasteiger partial charge in [0.05, 0.1) is 17.7 Å². The number of fused-ring (bicyclic) bond motifs is 1. The van der Waals surface area contributed by atoms with Crippen molar-refractivity contribution in [3.05, 3.63) is 65.2 Å². The van der Waals surface area contributed by atoms with Gasteiger partial charge in [0, 0.05) is 5.69 Å². The molecule has 1 aliphatic heterocycles. The SMILES string of the molecule is CC(O)(c1ccc(C#N)cc1)C1CCc2ccccc2N1. The molecule has 0 aromatic heterocycles. The summed E-state index contributed by atoms with van der Waals surface area (Å²) in [5.41, 5.74) is 2.86. The molecule has 3 rings (SSSR count). The Bertz CT molecular complexity index is 683. The van der Waals surface area contributed by atoms with Gasteiger partial charge in [-0.2, -0.15) is 5.26 Å². The molecule has 0 saturated heterocycles. The van der Waals surface area contributed by atoms with Gasteiger partial charge in [0.15, 0.2) is 0 Å². The number of aryl methyl sites for hydroxylation is 1. The Morgan fingerprint density at radius 3 is 2.62 bits per heavy atom. The fourth-order valence-corrected chi connectivity index (χ4v) is 2.94. The number of anilines is 1. The fraction of sp³-hybridized carbons (Fsp3) is 0.278. The number of rotatable bonds is 2. The van der Waals surface area contributed by atoms with Crippen molar-refractivity contribution >= 4 is 5.69 Å². The first-order chi connectivity index (χ1) is 10.1. The van der Waals surface area contributed by atoms with Crippen molar-refractivity contribution in [3.8, 4) is 6.07 Å². The smallest absolute Gasteiger partial charge is 0.107 e. The van der Waals surface area contributed by atoms with Crippen molar-refractivity contribution in [1.82, 2.24) is 0 Å². The van der Waals surface area contributed by atoms with Gasteiger partial charge in [0.2, 0.25) is 0 Å². The molecule has 1 heterocycles. The van der Waals surface area contributed by atoms with Crippen LogP contribution in [0.3, 0.4) is 0 Å². The summed E-state index contributed by atoms with van der Waals surface area (Å²) in [5, 5.41) is 23.3. The van der Waals surface area contributed by atoms with Gasteiger partial charge < -0.3 is 10.4 Å². The highest BCUT2D eigenvalue weighted by molar-refractivity contribution is 5.54. The molecular weight excluding hydrogens is 260 g/mol. The van der Waals surface area contributed by atoms with E-state index >= 15 is 0 Å². The molecule has 106 valence electrons. The third-order valence-corrected chi connectivity index (χ3v) is 4.33. The highest BCUT2D eigenvalue weighted by Gasteiger charge is 2.35. The van der Waals surface area contributed by atoms with Crippen LogP contribution in [0.2, 0.25) is 0 Å². The molecule has 2 N–H and O–H groups in total. The molecule has 21 heavy (non-hydrogen) atoms.